The first-order valence-electron chi connectivity index (χ1n) is 6.15. The number of carbonyl (C=O) groups is 1. The Bertz CT molecular complexity index is 504. The average Bonchev–Trinajstić information content (AvgIpc) is 2.33. The molecule has 5 heteroatoms. The highest BCUT2D eigenvalue weighted by molar-refractivity contribution is 6.31. The molecule has 1 aliphatic rings. The van der Waals surface area contributed by atoms with Crippen molar-refractivity contribution in [3.8, 4) is 0 Å². The van der Waals surface area contributed by atoms with Crippen molar-refractivity contribution in [2.75, 3.05) is 0 Å². The van der Waals surface area contributed by atoms with Crippen LogP contribution < -0.4 is 0 Å². The van der Waals surface area contributed by atoms with Gasteiger partial charge in [-0.3, -0.25) is 4.79 Å². The number of benzene rings is 1. The van der Waals surface area contributed by atoms with Crippen molar-refractivity contribution in [1.82, 2.24) is 0 Å². The lowest BCUT2D eigenvalue weighted by Gasteiger charge is -2.37. The largest absolute Gasteiger partial charge is 0.481 e. The molecule has 0 heterocycles. The van der Waals surface area contributed by atoms with Crippen molar-refractivity contribution >= 4 is 17.6 Å². The minimum absolute atomic E-state index is 0.0452. The van der Waals surface area contributed by atoms with Crippen LogP contribution in [0.3, 0.4) is 0 Å². The molecule has 0 atom stereocenters. The van der Waals surface area contributed by atoms with E-state index in [1.165, 1.54) is 0 Å². The fourth-order valence-corrected chi connectivity index (χ4v) is 2.73. The van der Waals surface area contributed by atoms with E-state index in [2.05, 4.69) is 0 Å². The molecule has 1 aromatic carbocycles. The number of carboxylic acid groups (broad SMARTS) is 1. The van der Waals surface area contributed by atoms with Crippen LogP contribution >= 0.6 is 11.6 Å². The Morgan fingerprint density at radius 3 is 2.32 bits per heavy atom. The van der Waals surface area contributed by atoms with Gasteiger partial charge < -0.3 is 5.11 Å². The van der Waals surface area contributed by atoms with Crippen LogP contribution in [0.4, 0.5) is 8.78 Å². The van der Waals surface area contributed by atoms with Gasteiger partial charge in [0.15, 0.2) is 0 Å². The molecule has 0 amide bonds. The molecule has 1 aromatic rings. The first kappa shape index (κ1) is 14.3. The van der Waals surface area contributed by atoms with E-state index in [-0.39, 0.29) is 25.7 Å². The highest BCUT2D eigenvalue weighted by Gasteiger charge is 2.49. The van der Waals surface area contributed by atoms with E-state index in [0.29, 0.717) is 10.6 Å². The topological polar surface area (TPSA) is 37.3 Å². The molecular formula is C14H15ClF2O2. The van der Waals surface area contributed by atoms with E-state index < -0.39 is 17.3 Å². The van der Waals surface area contributed by atoms with Crippen molar-refractivity contribution in [3.63, 3.8) is 0 Å². The molecule has 0 aromatic heterocycles. The summed E-state index contributed by atoms with van der Waals surface area (Å²) in [5.74, 6) is -3.79. The predicted octanol–water partition coefficient (Wildman–Crippen LogP) is 4.18. The predicted molar refractivity (Wildman–Crippen MR) is 68.9 cm³/mol. The highest BCUT2D eigenvalue weighted by atomic mass is 35.5. The number of alkyl halides is 2. The molecule has 0 radical (unpaired) electrons. The number of halogens is 3. The summed E-state index contributed by atoms with van der Waals surface area (Å²) >= 11 is 5.92. The standard InChI is InChI=1S/C14H15ClF2O2/c1-9-8-10(2-3-11(9)15)13(12(18)19)4-6-14(16,17)7-5-13/h2-3,8H,4-7H2,1H3,(H,18,19). The van der Waals surface area contributed by atoms with Gasteiger partial charge in [0.1, 0.15) is 0 Å². The molecule has 0 saturated heterocycles. The lowest BCUT2D eigenvalue weighted by molar-refractivity contribution is -0.149. The molecule has 0 aliphatic heterocycles. The normalized spacial score (nSPS) is 21.1. The zero-order valence-electron chi connectivity index (χ0n) is 10.5. The van der Waals surface area contributed by atoms with Gasteiger partial charge in [-0.05, 0) is 37.0 Å². The second-order valence-electron chi connectivity index (χ2n) is 5.21. The van der Waals surface area contributed by atoms with Crippen molar-refractivity contribution in [1.29, 1.82) is 0 Å². The van der Waals surface area contributed by atoms with Crippen LogP contribution in [0, 0.1) is 6.92 Å². The SMILES string of the molecule is Cc1cc(C2(C(=O)O)CCC(F)(F)CC2)ccc1Cl. The van der Waals surface area contributed by atoms with Gasteiger partial charge in [-0.15, -0.1) is 0 Å². The Morgan fingerprint density at radius 2 is 1.84 bits per heavy atom. The van der Waals surface area contributed by atoms with Crippen LogP contribution in [0.5, 0.6) is 0 Å². The molecule has 19 heavy (non-hydrogen) atoms. The van der Waals surface area contributed by atoms with Crippen molar-refractivity contribution in [2.45, 2.75) is 43.9 Å². The minimum atomic E-state index is -2.75. The maximum atomic E-state index is 13.3. The molecule has 2 rings (SSSR count). The molecule has 1 fully saturated rings. The zero-order chi connectivity index (χ0) is 14.3. The smallest absolute Gasteiger partial charge is 0.314 e. The molecule has 1 saturated carbocycles. The van der Waals surface area contributed by atoms with E-state index in [9.17, 15) is 18.7 Å². The van der Waals surface area contributed by atoms with Gasteiger partial charge >= 0.3 is 5.97 Å². The minimum Gasteiger partial charge on any atom is -0.481 e. The van der Waals surface area contributed by atoms with Gasteiger partial charge in [-0.1, -0.05) is 23.7 Å². The van der Waals surface area contributed by atoms with Gasteiger partial charge in [0, 0.05) is 17.9 Å². The first-order valence-corrected chi connectivity index (χ1v) is 6.52. The van der Waals surface area contributed by atoms with Gasteiger partial charge in [0.25, 0.3) is 0 Å². The lowest BCUT2D eigenvalue weighted by atomic mass is 9.68. The van der Waals surface area contributed by atoms with Crippen LogP contribution in [-0.2, 0) is 10.2 Å². The third-order valence-corrected chi connectivity index (χ3v) is 4.38. The monoisotopic (exact) mass is 288 g/mol. The summed E-state index contributed by atoms with van der Waals surface area (Å²) in [7, 11) is 0. The van der Waals surface area contributed by atoms with Crippen LogP contribution in [0.2, 0.25) is 5.02 Å². The molecule has 0 unspecified atom stereocenters. The second-order valence-corrected chi connectivity index (χ2v) is 5.61. The number of carboxylic acids is 1. The third-order valence-electron chi connectivity index (χ3n) is 3.95. The van der Waals surface area contributed by atoms with Gasteiger partial charge in [-0.25, -0.2) is 8.78 Å². The van der Waals surface area contributed by atoms with E-state index in [1.807, 2.05) is 0 Å². The van der Waals surface area contributed by atoms with Crippen LogP contribution in [-0.4, -0.2) is 17.0 Å². The molecule has 1 aliphatic carbocycles. The Balaban J connectivity index is 2.41. The molecular weight excluding hydrogens is 274 g/mol. The molecule has 2 nitrogen and oxygen atoms in total. The van der Waals surface area contributed by atoms with E-state index in [0.717, 1.165) is 5.56 Å². The molecule has 0 bridgehead atoms. The maximum Gasteiger partial charge on any atom is 0.314 e. The lowest BCUT2D eigenvalue weighted by Crippen LogP contribution is -2.42. The highest BCUT2D eigenvalue weighted by Crippen LogP contribution is 2.46. The van der Waals surface area contributed by atoms with Crippen molar-refractivity contribution in [3.05, 3.63) is 34.3 Å². The maximum absolute atomic E-state index is 13.3. The molecule has 0 spiro atoms. The van der Waals surface area contributed by atoms with Gasteiger partial charge in [0.2, 0.25) is 5.92 Å². The summed E-state index contributed by atoms with van der Waals surface area (Å²) in [4.78, 5) is 11.6. The number of rotatable bonds is 2. The summed E-state index contributed by atoms with van der Waals surface area (Å²) in [6.07, 6.45) is -0.866. The van der Waals surface area contributed by atoms with Gasteiger partial charge in [0.05, 0.1) is 5.41 Å². The van der Waals surface area contributed by atoms with E-state index in [1.54, 1.807) is 25.1 Å². The second kappa shape index (κ2) is 4.75. The molecule has 104 valence electrons. The van der Waals surface area contributed by atoms with Crippen LogP contribution in [0.1, 0.15) is 36.8 Å². The zero-order valence-corrected chi connectivity index (χ0v) is 11.3. The van der Waals surface area contributed by atoms with Gasteiger partial charge in [-0.2, -0.15) is 0 Å². The summed E-state index contributed by atoms with van der Waals surface area (Å²) in [6, 6.07) is 4.95. The van der Waals surface area contributed by atoms with E-state index in [4.69, 9.17) is 11.6 Å². The Labute approximate surface area is 115 Å². The summed E-state index contributed by atoms with van der Waals surface area (Å²) < 4.78 is 26.5. The fraction of sp³-hybridized carbons (Fsp3) is 0.500. The van der Waals surface area contributed by atoms with Crippen LogP contribution in [0.25, 0.3) is 0 Å². The summed E-state index contributed by atoms with van der Waals surface area (Å²) in [5, 5.41) is 10.0. The Hall–Kier alpha value is -1.16. The summed E-state index contributed by atoms with van der Waals surface area (Å²) in [6.45, 7) is 1.78. The first-order chi connectivity index (χ1) is 8.77. The number of aryl methyl sites for hydroxylation is 1. The quantitative estimate of drug-likeness (QED) is 0.886. The van der Waals surface area contributed by atoms with Crippen molar-refractivity contribution in [2.24, 2.45) is 0 Å². The average molecular weight is 289 g/mol. The Morgan fingerprint density at radius 1 is 1.26 bits per heavy atom. The van der Waals surface area contributed by atoms with Crippen LogP contribution in [0.15, 0.2) is 18.2 Å². The fourth-order valence-electron chi connectivity index (χ4n) is 2.61. The number of hydrogen-bond acceptors (Lipinski definition) is 1. The summed E-state index contributed by atoms with van der Waals surface area (Å²) in [5.41, 5.74) is 0.117. The van der Waals surface area contributed by atoms with Crippen molar-refractivity contribution < 1.29 is 18.7 Å². The third kappa shape index (κ3) is 2.59. The molecule has 1 N–H and O–H groups in total. The Kier molecular flexibility index (Phi) is 3.56. The number of hydrogen-bond donors (Lipinski definition) is 1. The number of aliphatic carboxylic acids is 1. The van der Waals surface area contributed by atoms with E-state index >= 15 is 0 Å².